The van der Waals surface area contributed by atoms with Gasteiger partial charge in [-0.1, -0.05) is 26.7 Å². The van der Waals surface area contributed by atoms with Crippen LogP contribution in [0.1, 0.15) is 40.0 Å². The Labute approximate surface area is 93.2 Å². The van der Waals surface area contributed by atoms with Crippen LogP contribution >= 0.6 is 0 Å². The summed E-state index contributed by atoms with van der Waals surface area (Å²) in [6.45, 7) is 9.02. The van der Waals surface area contributed by atoms with Crippen LogP contribution < -0.4 is 5.32 Å². The molecular formula is C12H24N2O. The van der Waals surface area contributed by atoms with Crippen LogP contribution in [-0.2, 0) is 4.79 Å². The Balaban J connectivity index is 2.25. The Hall–Kier alpha value is -0.570. The van der Waals surface area contributed by atoms with E-state index in [0.717, 1.165) is 25.4 Å². The summed E-state index contributed by atoms with van der Waals surface area (Å²) in [4.78, 5) is 13.6. The van der Waals surface area contributed by atoms with E-state index in [2.05, 4.69) is 26.1 Å². The highest BCUT2D eigenvalue weighted by molar-refractivity contribution is 5.79. The van der Waals surface area contributed by atoms with Gasteiger partial charge >= 0.3 is 0 Å². The number of rotatable bonds is 5. The van der Waals surface area contributed by atoms with Gasteiger partial charge < -0.3 is 10.2 Å². The van der Waals surface area contributed by atoms with Gasteiger partial charge in [0.25, 0.3) is 0 Å². The van der Waals surface area contributed by atoms with Gasteiger partial charge in [0.2, 0.25) is 5.91 Å². The quantitative estimate of drug-likeness (QED) is 0.751. The molecule has 0 aromatic rings. The van der Waals surface area contributed by atoms with Gasteiger partial charge in [-0.05, 0) is 19.3 Å². The number of nitrogens with zero attached hydrogens (tertiary/aromatic N) is 1. The van der Waals surface area contributed by atoms with Crippen molar-refractivity contribution in [1.82, 2.24) is 10.2 Å². The predicted molar refractivity (Wildman–Crippen MR) is 62.7 cm³/mol. The number of carbonyl (C=O) groups excluding carboxylic acids is 1. The standard InChI is InChI=1S/C12H24N2O/c1-10(2)5-4-6-11(3)14-8-7-13-9-12(14)15/h10-11,13H,4-9H2,1-3H3. The predicted octanol–water partition coefficient (Wildman–Crippen LogP) is 1.63. The summed E-state index contributed by atoms with van der Waals surface area (Å²) in [5.41, 5.74) is 0. The maximum absolute atomic E-state index is 11.6. The molecule has 0 aromatic carbocycles. The number of carbonyl (C=O) groups is 1. The zero-order chi connectivity index (χ0) is 11.3. The van der Waals surface area contributed by atoms with Gasteiger partial charge in [-0.2, -0.15) is 0 Å². The highest BCUT2D eigenvalue weighted by Gasteiger charge is 2.22. The van der Waals surface area contributed by atoms with Crippen LogP contribution in [0.4, 0.5) is 0 Å². The molecule has 0 aromatic heterocycles. The fraction of sp³-hybridized carbons (Fsp3) is 0.917. The third-order valence-electron chi connectivity index (χ3n) is 3.06. The second-order valence-corrected chi connectivity index (χ2v) is 4.94. The number of amides is 1. The van der Waals surface area contributed by atoms with Crippen LogP contribution in [0.2, 0.25) is 0 Å². The van der Waals surface area contributed by atoms with Crippen molar-refractivity contribution in [3.8, 4) is 0 Å². The third-order valence-corrected chi connectivity index (χ3v) is 3.06. The minimum atomic E-state index is 0.262. The van der Waals surface area contributed by atoms with E-state index >= 15 is 0 Å². The van der Waals surface area contributed by atoms with Crippen molar-refractivity contribution in [1.29, 1.82) is 0 Å². The molecule has 1 atom stereocenters. The fourth-order valence-electron chi connectivity index (χ4n) is 2.06. The summed E-state index contributed by atoms with van der Waals surface area (Å²) >= 11 is 0. The summed E-state index contributed by atoms with van der Waals surface area (Å²) in [6, 6.07) is 0.415. The first-order chi connectivity index (χ1) is 7.11. The van der Waals surface area contributed by atoms with E-state index < -0.39 is 0 Å². The molecule has 88 valence electrons. The Morgan fingerprint density at radius 3 is 2.67 bits per heavy atom. The van der Waals surface area contributed by atoms with E-state index in [4.69, 9.17) is 0 Å². The van der Waals surface area contributed by atoms with Gasteiger partial charge in [0.1, 0.15) is 0 Å². The largest absolute Gasteiger partial charge is 0.338 e. The average Bonchev–Trinajstić information content (AvgIpc) is 2.17. The van der Waals surface area contributed by atoms with Crippen LogP contribution in [0, 0.1) is 5.92 Å². The molecule has 3 heteroatoms. The lowest BCUT2D eigenvalue weighted by Crippen LogP contribution is -2.51. The van der Waals surface area contributed by atoms with Crippen LogP contribution in [0.5, 0.6) is 0 Å². The Morgan fingerprint density at radius 2 is 2.07 bits per heavy atom. The van der Waals surface area contributed by atoms with Gasteiger partial charge in [-0.25, -0.2) is 0 Å². The van der Waals surface area contributed by atoms with Crippen molar-refractivity contribution < 1.29 is 4.79 Å². The second kappa shape index (κ2) is 6.11. The number of piperazine rings is 1. The Morgan fingerprint density at radius 1 is 1.33 bits per heavy atom. The van der Waals surface area contributed by atoms with Crippen LogP contribution in [-0.4, -0.2) is 36.5 Å². The van der Waals surface area contributed by atoms with Crippen molar-refractivity contribution in [2.45, 2.75) is 46.1 Å². The molecule has 0 spiro atoms. The molecule has 15 heavy (non-hydrogen) atoms. The molecule has 1 aliphatic rings. The van der Waals surface area contributed by atoms with E-state index in [9.17, 15) is 4.79 Å². The summed E-state index contributed by atoms with van der Waals surface area (Å²) in [5, 5.41) is 3.10. The molecule has 0 aliphatic carbocycles. The topological polar surface area (TPSA) is 32.3 Å². The van der Waals surface area contributed by atoms with Gasteiger partial charge in [0, 0.05) is 19.1 Å². The van der Waals surface area contributed by atoms with E-state index in [0.29, 0.717) is 12.6 Å². The molecule has 1 amide bonds. The summed E-state index contributed by atoms with van der Waals surface area (Å²) < 4.78 is 0. The van der Waals surface area contributed by atoms with Crippen molar-refractivity contribution in [2.75, 3.05) is 19.6 Å². The highest BCUT2D eigenvalue weighted by atomic mass is 16.2. The van der Waals surface area contributed by atoms with E-state index in [1.165, 1.54) is 12.8 Å². The maximum Gasteiger partial charge on any atom is 0.236 e. The minimum Gasteiger partial charge on any atom is -0.338 e. The van der Waals surface area contributed by atoms with E-state index in [-0.39, 0.29) is 5.91 Å². The van der Waals surface area contributed by atoms with Gasteiger partial charge in [0.05, 0.1) is 6.54 Å². The normalized spacial score (nSPS) is 19.7. The Bertz CT molecular complexity index is 204. The Kier molecular flexibility index (Phi) is 5.09. The molecule has 1 heterocycles. The smallest absolute Gasteiger partial charge is 0.236 e. The fourth-order valence-corrected chi connectivity index (χ4v) is 2.06. The second-order valence-electron chi connectivity index (χ2n) is 4.94. The van der Waals surface area contributed by atoms with Crippen LogP contribution in [0.25, 0.3) is 0 Å². The molecular weight excluding hydrogens is 188 g/mol. The molecule has 3 nitrogen and oxygen atoms in total. The molecule has 1 aliphatic heterocycles. The molecule has 1 saturated heterocycles. The minimum absolute atomic E-state index is 0.262. The number of hydrogen-bond acceptors (Lipinski definition) is 2. The highest BCUT2D eigenvalue weighted by Crippen LogP contribution is 2.13. The van der Waals surface area contributed by atoms with Gasteiger partial charge in [-0.15, -0.1) is 0 Å². The lowest BCUT2D eigenvalue weighted by Gasteiger charge is -2.33. The van der Waals surface area contributed by atoms with Gasteiger partial charge in [0.15, 0.2) is 0 Å². The first-order valence-corrected chi connectivity index (χ1v) is 6.11. The first-order valence-electron chi connectivity index (χ1n) is 6.11. The maximum atomic E-state index is 11.6. The molecule has 0 bridgehead atoms. The molecule has 0 radical (unpaired) electrons. The lowest BCUT2D eigenvalue weighted by molar-refractivity contribution is -0.134. The van der Waals surface area contributed by atoms with Crippen molar-refractivity contribution in [3.63, 3.8) is 0 Å². The average molecular weight is 212 g/mol. The zero-order valence-corrected chi connectivity index (χ0v) is 10.3. The SMILES string of the molecule is CC(C)CCCC(C)N1CCNCC1=O. The monoisotopic (exact) mass is 212 g/mol. The number of hydrogen-bond donors (Lipinski definition) is 1. The van der Waals surface area contributed by atoms with E-state index in [1.54, 1.807) is 0 Å². The van der Waals surface area contributed by atoms with Crippen molar-refractivity contribution >= 4 is 5.91 Å². The summed E-state index contributed by atoms with van der Waals surface area (Å²) in [6.07, 6.45) is 3.64. The van der Waals surface area contributed by atoms with E-state index in [1.807, 2.05) is 4.90 Å². The molecule has 1 rings (SSSR count). The van der Waals surface area contributed by atoms with Crippen molar-refractivity contribution in [3.05, 3.63) is 0 Å². The molecule has 1 fully saturated rings. The lowest BCUT2D eigenvalue weighted by atomic mass is 10.0. The zero-order valence-electron chi connectivity index (χ0n) is 10.3. The molecule has 1 N–H and O–H groups in total. The van der Waals surface area contributed by atoms with Gasteiger partial charge in [-0.3, -0.25) is 4.79 Å². The van der Waals surface area contributed by atoms with Crippen LogP contribution in [0.15, 0.2) is 0 Å². The first kappa shape index (κ1) is 12.5. The molecule has 0 saturated carbocycles. The number of nitrogens with one attached hydrogen (secondary N) is 1. The molecule has 1 unspecified atom stereocenters. The summed E-state index contributed by atoms with van der Waals surface area (Å²) in [7, 11) is 0. The van der Waals surface area contributed by atoms with Crippen molar-refractivity contribution in [2.24, 2.45) is 5.92 Å². The third kappa shape index (κ3) is 4.20. The van der Waals surface area contributed by atoms with Crippen LogP contribution in [0.3, 0.4) is 0 Å². The summed E-state index contributed by atoms with van der Waals surface area (Å²) in [5.74, 6) is 1.04.